The lowest BCUT2D eigenvalue weighted by atomic mass is 10.0. The molecule has 0 aliphatic heterocycles. The van der Waals surface area contributed by atoms with Gasteiger partial charge in [-0.15, -0.1) is 0 Å². The number of nitrogens with two attached hydrogens (primary N) is 5. The SMILES string of the molecule is CC[C@@H](NC(=O)[C@H](CS)NC(=O)[C@@H](N)CCCN=C(N)N)C(=O)N[C@@H](Cc1cnc[nH]1)C(=O)N[C@H](Cc1ccccc1)C(=O)N[C@@H](CCCN=C(N)N)C(=O)N[C@@H](Cc1c[nH]c2ccccc12)C(=O)N[C@@H](CS)C(=O)O. The second-order valence-corrected chi connectivity index (χ2v) is 18.3. The maximum atomic E-state index is 14.6. The standard InChI is InChI=1S/C48H69N17O9S2/c1-2-31(59-45(72)37(23-75)64-39(66)30(49)13-8-16-55-47(50)51)40(67)63-36(20-28-22-54-25-58-28)44(71)61-34(18-26-10-4-3-5-11-26)42(69)60-33(15-9-17-56-48(52)53)41(68)62-35(43(70)65-38(24-76)46(73)74)19-27-21-57-32-14-7-6-12-29(27)32/h3-7,10-12,14,21-22,25,30-31,33-38,57,75-76H,2,8-9,13,15-20,23-24,49H2,1H3,(H,54,58)(H,59,72)(H,60,69)(H,61,71)(H,62,68)(H,63,67)(H,64,66)(H,65,70)(H,73,74)(H4,50,51,55)(H4,52,53,56)/t30-,31+,33-,34+,35-,36-,37-,38-/m0/s1. The minimum absolute atomic E-state index is 0.0405. The average molecular weight is 1090 g/mol. The van der Waals surface area contributed by atoms with Crippen LogP contribution in [0.4, 0.5) is 0 Å². The summed E-state index contributed by atoms with van der Waals surface area (Å²) in [5, 5.41) is 28.9. The van der Waals surface area contributed by atoms with E-state index < -0.39 is 95.7 Å². The predicted octanol–water partition coefficient (Wildman–Crippen LogP) is -2.90. The van der Waals surface area contributed by atoms with Crippen LogP contribution in [-0.2, 0) is 57.6 Å². The number of nitrogens with one attached hydrogen (secondary N) is 9. The molecular weight excluding hydrogens is 1020 g/mol. The van der Waals surface area contributed by atoms with E-state index in [1.54, 1.807) is 49.5 Å². The van der Waals surface area contributed by atoms with Gasteiger partial charge in [-0.05, 0) is 49.3 Å². The van der Waals surface area contributed by atoms with Gasteiger partial charge in [0.2, 0.25) is 41.4 Å². The molecule has 2 aromatic heterocycles. The smallest absolute Gasteiger partial charge is 0.327 e. The number of para-hydroxylation sites is 1. The summed E-state index contributed by atoms with van der Waals surface area (Å²) in [5.74, 6) is -7.61. The third-order valence-corrected chi connectivity index (χ3v) is 12.5. The first-order chi connectivity index (χ1) is 36.3. The van der Waals surface area contributed by atoms with Crippen LogP contribution in [0.5, 0.6) is 0 Å². The number of fused-ring (bicyclic) bond motifs is 1. The second-order valence-electron chi connectivity index (χ2n) is 17.6. The molecule has 0 saturated heterocycles. The molecule has 76 heavy (non-hydrogen) atoms. The number of amides is 7. The molecule has 26 nitrogen and oxygen atoms in total. The first-order valence-corrected chi connectivity index (χ1v) is 25.6. The number of benzene rings is 2. The normalized spacial score (nSPS) is 14.2. The van der Waals surface area contributed by atoms with Crippen molar-refractivity contribution in [1.82, 2.24) is 52.2 Å². The molecule has 0 saturated carbocycles. The molecule has 20 N–H and O–H groups in total. The van der Waals surface area contributed by atoms with Crippen LogP contribution in [0.15, 0.2) is 83.3 Å². The Morgan fingerprint density at radius 3 is 1.64 bits per heavy atom. The zero-order valence-electron chi connectivity index (χ0n) is 41.9. The zero-order valence-corrected chi connectivity index (χ0v) is 43.7. The van der Waals surface area contributed by atoms with Crippen LogP contribution >= 0.6 is 25.3 Å². The van der Waals surface area contributed by atoms with Gasteiger partial charge in [0, 0.05) is 72.8 Å². The highest BCUT2D eigenvalue weighted by Gasteiger charge is 2.35. The number of hydrogen-bond donors (Lipinski definition) is 17. The molecule has 0 unspecified atom stereocenters. The van der Waals surface area contributed by atoms with Gasteiger partial charge in [0.05, 0.1) is 12.4 Å². The number of aromatic nitrogens is 3. The van der Waals surface area contributed by atoms with Crippen molar-refractivity contribution in [3.8, 4) is 0 Å². The van der Waals surface area contributed by atoms with Gasteiger partial charge in [-0.1, -0.05) is 55.5 Å². The van der Waals surface area contributed by atoms with Crippen molar-refractivity contribution >= 4 is 95.4 Å². The minimum Gasteiger partial charge on any atom is -0.480 e. The van der Waals surface area contributed by atoms with Crippen LogP contribution in [-0.4, -0.2) is 152 Å². The fraction of sp³-hybridized carbons (Fsp3) is 0.438. The van der Waals surface area contributed by atoms with E-state index in [-0.39, 0.29) is 81.5 Å². The molecule has 28 heteroatoms. The number of imidazole rings is 1. The lowest BCUT2D eigenvalue weighted by molar-refractivity contribution is -0.141. The molecule has 0 radical (unpaired) electrons. The number of nitrogens with zero attached hydrogens (tertiary/aromatic N) is 3. The molecule has 412 valence electrons. The van der Waals surface area contributed by atoms with Crippen molar-refractivity contribution in [3.63, 3.8) is 0 Å². The third-order valence-electron chi connectivity index (χ3n) is 11.8. The van der Waals surface area contributed by atoms with E-state index in [1.807, 2.05) is 18.2 Å². The maximum Gasteiger partial charge on any atom is 0.327 e. The summed E-state index contributed by atoms with van der Waals surface area (Å²) < 4.78 is 0. The number of aliphatic imine (C=N–C) groups is 2. The first kappa shape index (κ1) is 60.7. The van der Waals surface area contributed by atoms with Crippen LogP contribution in [0.25, 0.3) is 10.9 Å². The van der Waals surface area contributed by atoms with Gasteiger partial charge < -0.3 is 81.0 Å². The molecule has 2 aromatic carbocycles. The summed E-state index contributed by atoms with van der Waals surface area (Å²) in [5.41, 5.74) is 30.2. The van der Waals surface area contributed by atoms with Crippen LogP contribution in [0, 0.1) is 0 Å². The number of guanidine groups is 2. The van der Waals surface area contributed by atoms with E-state index in [4.69, 9.17) is 28.7 Å². The maximum absolute atomic E-state index is 14.6. The summed E-state index contributed by atoms with van der Waals surface area (Å²) in [6.07, 6.45) is 4.80. The number of rotatable bonds is 32. The molecule has 4 rings (SSSR count). The second kappa shape index (κ2) is 31.1. The highest BCUT2D eigenvalue weighted by molar-refractivity contribution is 7.80. The highest BCUT2D eigenvalue weighted by atomic mass is 32.1. The van der Waals surface area contributed by atoms with Crippen molar-refractivity contribution in [2.45, 2.75) is 107 Å². The summed E-state index contributed by atoms with van der Waals surface area (Å²) in [6, 6.07) is 5.50. The van der Waals surface area contributed by atoms with E-state index in [1.165, 1.54) is 12.5 Å². The van der Waals surface area contributed by atoms with Crippen molar-refractivity contribution in [3.05, 3.63) is 90.1 Å². The Hall–Kier alpha value is -7.85. The number of carbonyl (C=O) groups is 8. The van der Waals surface area contributed by atoms with E-state index in [2.05, 4.69) is 87.4 Å². The molecule has 0 spiro atoms. The number of H-pyrrole nitrogens is 2. The summed E-state index contributed by atoms with van der Waals surface area (Å²) in [6.45, 7) is 1.90. The fourth-order valence-electron chi connectivity index (χ4n) is 7.68. The lowest BCUT2D eigenvalue weighted by Crippen LogP contribution is -2.61. The molecule has 0 fully saturated rings. The Kier molecular flexibility index (Phi) is 24.9. The Labute approximate surface area is 449 Å². The number of carbonyl (C=O) groups excluding carboxylic acids is 7. The van der Waals surface area contributed by atoms with Gasteiger partial charge in [-0.2, -0.15) is 25.3 Å². The van der Waals surface area contributed by atoms with Gasteiger partial charge in [-0.25, -0.2) is 9.78 Å². The quantitative estimate of drug-likeness (QED) is 0.0101. The molecular formula is C48H69N17O9S2. The minimum atomic E-state index is -1.40. The number of hydrogen-bond acceptors (Lipinski definition) is 14. The van der Waals surface area contributed by atoms with Crippen molar-refractivity contribution in [1.29, 1.82) is 0 Å². The lowest BCUT2D eigenvalue weighted by Gasteiger charge is -2.28. The summed E-state index contributed by atoms with van der Waals surface area (Å²) >= 11 is 8.29. The first-order valence-electron chi connectivity index (χ1n) is 24.3. The van der Waals surface area contributed by atoms with E-state index in [0.717, 1.165) is 10.9 Å². The van der Waals surface area contributed by atoms with E-state index in [0.29, 0.717) is 23.2 Å². The van der Waals surface area contributed by atoms with Gasteiger partial charge in [0.25, 0.3) is 0 Å². The van der Waals surface area contributed by atoms with Crippen LogP contribution in [0.3, 0.4) is 0 Å². The Balaban J connectivity index is 1.60. The predicted molar refractivity (Wildman–Crippen MR) is 291 cm³/mol. The van der Waals surface area contributed by atoms with Crippen LogP contribution < -0.4 is 65.9 Å². The average Bonchev–Trinajstić information content (AvgIpc) is 4.07. The highest BCUT2D eigenvalue weighted by Crippen LogP contribution is 2.20. The summed E-state index contributed by atoms with van der Waals surface area (Å²) in [4.78, 5) is 128. The van der Waals surface area contributed by atoms with E-state index >= 15 is 0 Å². The molecule has 0 bridgehead atoms. The van der Waals surface area contributed by atoms with Gasteiger partial charge in [-0.3, -0.25) is 43.5 Å². The molecule has 4 aromatic rings. The molecule has 2 heterocycles. The number of aliphatic carboxylic acids is 1. The topological polar surface area (TPSA) is 440 Å². The van der Waals surface area contributed by atoms with Gasteiger partial charge >= 0.3 is 5.97 Å². The summed E-state index contributed by atoms with van der Waals surface area (Å²) in [7, 11) is 0. The van der Waals surface area contributed by atoms with Crippen molar-refractivity contribution in [2.24, 2.45) is 38.7 Å². The van der Waals surface area contributed by atoms with Crippen LogP contribution in [0.2, 0.25) is 0 Å². The van der Waals surface area contributed by atoms with E-state index in [9.17, 15) is 43.5 Å². The largest absolute Gasteiger partial charge is 0.480 e. The van der Waals surface area contributed by atoms with Gasteiger partial charge in [0.15, 0.2) is 11.9 Å². The van der Waals surface area contributed by atoms with Crippen molar-refractivity contribution in [2.75, 3.05) is 24.6 Å². The van der Waals surface area contributed by atoms with Crippen molar-refractivity contribution < 1.29 is 43.5 Å². The Morgan fingerprint density at radius 1 is 0.592 bits per heavy atom. The number of thiol groups is 2. The molecule has 0 aliphatic rings. The fourth-order valence-corrected chi connectivity index (χ4v) is 8.19. The number of carboxylic acids is 1. The zero-order chi connectivity index (χ0) is 55.7. The number of carboxylic acid groups (broad SMARTS) is 1. The number of aromatic amines is 2. The molecule has 0 aliphatic carbocycles. The monoisotopic (exact) mass is 1090 g/mol. The molecule has 7 amide bonds. The third kappa shape index (κ3) is 19.8. The van der Waals surface area contributed by atoms with Gasteiger partial charge in [0.1, 0.15) is 42.3 Å². The Bertz CT molecular complexity index is 2630. The molecule has 8 atom stereocenters. The van der Waals surface area contributed by atoms with Crippen LogP contribution in [0.1, 0.15) is 55.8 Å². The Morgan fingerprint density at radius 2 is 1.08 bits per heavy atom.